The van der Waals surface area contributed by atoms with E-state index in [9.17, 15) is 8.42 Å². The molecule has 1 atom stereocenters. The van der Waals surface area contributed by atoms with Gasteiger partial charge in [-0.1, -0.05) is 11.8 Å². The first-order chi connectivity index (χ1) is 10.00. The van der Waals surface area contributed by atoms with Crippen molar-refractivity contribution in [3.8, 4) is 11.8 Å². The van der Waals surface area contributed by atoms with E-state index in [1.807, 2.05) is 6.92 Å². The molecule has 1 aliphatic rings. The van der Waals surface area contributed by atoms with Crippen LogP contribution >= 0.6 is 0 Å². The third-order valence-electron chi connectivity index (χ3n) is 3.23. The molecule has 114 valence electrons. The quantitative estimate of drug-likeness (QED) is 0.821. The van der Waals surface area contributed by atoms with E-state index in [0.717, 1.165) is 24.0 Å². The molecule has 0 aliphatic carbocycles. The predicted molar refractivity (Wildman–Crippen MR) is 81.5 cm³/mol. The standard InChI is InChI=1S/C15H19NO4S/c1-12-10-14(7-6-13(12)4-2-8-17)16-21(18,19)11-15-5-3-9-20-15/h6-7,10,15-17H,3,5,8-9,11H2,1H3. The number of aliphatic hydroxyl groups is 1. The maximum absolute atomic E-state index is 12.1. The molecule has 0 saturated carbocycles. The Labute approximate surface area is 125 Å². The second-order valence-electron chi connectivity index (χ2n) is 5.01. The molecule has 2 rings (SSSR count). The van der Waals surface area contributed by atoms with Crippen LogP contribution in [0.4, 0.5) is 5.69 Å². The van der Waals surface area contributed by atoms with Crippen LogP contribution in [0, 0.1) is 18.8 Å². The number of rotatable bonds is 4. The van der Waals surface area contributed by atoms with E-state index in [2.05, 4.69) is 16.6 Å². The Bertz CT molecular complexity index is 652. The van der Waals surface area contributed by atoms with Crippen molar-refractivity contribution in [3.63, 3.8) is 0 Å². The minimum absolute atomic E-state index is 0.0158. The first-order valence-electron chi connectivity index (χ1n) is 6.82. The van der Waals surface area contributed by atoms with E-state index in [4.69, 9.17) is 9.84 Å². The van der Waals surface area contributed by atoms with Crippen molar-refractivity contribution in [2.45, 2.75) is 25.9 Å². The van der Waals surface area contributed by atoms with E-state index >= 15 is 0 Å². The average molecular weight is 309 g/mol. The minimum atomic E-state index is -3.42. The Hall–Kier alpha value is -1.55. The fraction of sp³-hybridized carbons (Fsp3) is 0.467. The number of anilines is 1. The van der Waals surface area contributed by atoms with Gasteiger partial charge in [0, 0.05) is 17.9 Å². The van der Waals surface area contributed by atoms with Crippen LogP contribution in [-0.4, -0.2) is 38.6 Å². The number of ether oxygens (including phenoxy) is 1. The molecule has 1 saturated heterocycles. The lowest BCUT2D eigenvalue weighted by atomic mass is 10.1. The van der Waals surface area contributed by atoms with Gasteiger partial charge in [-0.25, -0.2) is 8.42 Å². The maximum atomic E-state index is 12.1. The SMILES string of the molecule is Cc1cc(NS(=O)(=O)CC2CCCO2)ccc1C#CCO. The van der Waals surface area contributed by atoms with Gasteiger partial charge in [0.1, 0.15) is 6.61 Å². The van der Waals surface area contributed by atoms with Crippen molar-refractivity contribution in [2.24, 2.45) is 0 Å². The monoisotopic (exact) mass is 309 g/mol. The van der Waals surface area contributed by atoms with E-state index in [0.29, 0.717) is 12.3 Å². The highest BCUT2D eigenvalue weighted by atomic mass is 32.2. The number of benzene rings is 1. The molecule has 0 bridgehead atoms. The van der Waals surface area contributed by atoms with E-state index in [1.165, 1.54) is 0 Å². The summed E-state index contributed by atoms with van der Waals surface area (Å²) < 4.78 is 32.1. The lowest BCUT2D eigenvalue weighted by Crippen LogP contribution is -2.25. The Morgan fingerprint density at radius 2 is 2.29 bits per heavy atom. The summed E-state index contributed by atoms with van der Waals surface area (Å²) in [6.45, 7) is 2.28. The van der Waals surface area contributed by atoms with E-state index in [-0.39, 0.29) is 18.5 Å². The van der Waals surface area contributed by atoms with Crippen LogP contribution in [0.1, 0.15) is 24.0 Å². The Morgan fingerprint density at radius 1 is 1.48 bits per heavy atom. The van der Waals surface area contributed by atoms with Gasteiger partial charge in [-0.3, -0.25) is 4.72 Å². The Kier molecular flexibility index (Phi) is 5.23. The fourth-order valence-corrected chi connectivity index (χ4v) is 3.57. The first-order valence-corrected chi connectivity index (χ1v) is 8.48. The van der Waals surface area contributed by atoms with Crippen molar-refractivity contribution in [3.05, 3.63) is 29.3 Å². The van der Waals surface area contributed by atoms with Gasteiger partial charge in [0.05, 0.1) is 11.9 Å². The van der Waals surface area contributed by atoms with E-state index < -0.39 is 10.0 Å². The largest absolute Gasteiger partial charge is 0.384 e. The van der Waals surface area contributed by atoms with Crippen LogP contribution < -0.4 is 4.72 Å². The third-order valence-corrected chi connectivity index (χ3v) is 4.59. The number of nitrogens with one attached hydrogen (secondary N) is 1. The summed E-state index contributed by atoms with van der Waals surface area (Å²) >= 11 is 0. The van der Waals surface area contributed by atoms with Gasteiger partial charge in [-0.2, -0.15) is 0 Å². The highest BCUT2D eigenvalue weighted by Gasteiger charge is 2.23. The fourth-order valence-electron chi connectivity index (χ4n) is 2.24. The molecular weight excluding hydrogens is 290 g/mol. The molecule has 1 aliphatic heterocycles. The highest BCUT2D eigenvalue weighted by molar-refractivity contribution is 7.92. The molecular formula is C15H19NO4S. The maximum Gasteiger partial charge on any atom is 0.235 e. The topological polar surface area (TPSA) is 75.6 Å². The molecule has 1 unspecified atom stereocenters. The molecule has 6 heteroatoms. The van der Waals surface area contributed by atoms with Gasteiger partial charge >= 0.3 is 0 Å². The molecule has 21 heavy (non-hydrogen) atoms. The van der Waals surface area contributed by atoms with Gasteiger partial charge in [-0.05, 0) is 43.5 Å². The van der Waals surface area contributed by atoms with Gasteiger partial charge < -0.3 is 9.84 Å². The molecule has 0 radical (unpaired) electrons. The lowest BCUT2D eigenvalue weighted by molar-refractivity contribution is 0.127. The summed E-state index contributed by atoms with van der Waals surface area (Å²) in [4.78, 5) is 0. The Morgan fingerprint density at radius 3 is 2.90 bits per heavy atom. The molecule has 1 aromatic rings. The van der Waals surface area contributed by atoms with Crippen molar-refractivity contribution in [1.82, 2.24) is 0 Å². The van der Waals surface area contributed by atoms with Crippen LogP contribution in [0.15, 0.2) is 18.2 Å². The first kappa shape index (κ1) is 15.8. The summed E-state index contributed by atoms with van der Waals surface area (Å²) in [6, 6.07) is 5.14. The van der Waals surface area contributed by atoms with Crippen LogP contribution in [0.3, 0.4) is 0 Å². The molecule has 1 aromatic carbocycles. The van der Waals surface area contributed by atoms with Crippen molar-refractivity contribution in [2.75, 3.05) is 23.7 Å². The number of sulfonamides is 1. The Balaban J connectivity index is 2.06. The van der Waals surface area contributed by atoms with Crippen LogP contribution in [0.25, 0.3) is 0 Å². The normalized spacial score (nSPS) is 18.1. The van der Waals surface area contributed by atoms with Crippen LogP contribution in [0.2, 0.25) is 0 Å². The molecule has 0 spiro atoms. The van der Waals surface area contributed by atoms with Crippen molar-refractivity contribution in [1.29, 1.82) is 0 Å². The summed E-state index contributed by atoms with van der Waals surface area (Å²) in [5.41, 5.74) is 2.14. The zero-order valence-electron chi connectivity index (χ0n) is 11.9. The molecule has 1 heterocycles. The van der Waals surface area contributed by atoms with Gasteiger partial charge in [0.2, 0.25) is 10.0 Å². The number of aryl methyl sites for hydroxylation is 1. The van der Waals surface area contributed by atoms with Crippen molar-refractivity contribution < 1.29 is 18.3 Å². The summed E-state index contributed by atoms with van der Waals surface area (Å²) in [7, 11) is -3.42. The predicted octanol–water partition coefficient (Wildman–Crippen LogP) is 1.26. The molecule has 0 amide bonds. The van der Waals surface area contributed by atoms with E-state index in [1.54, 1.807) is 18.2 Å². The minimum Gasteiger partial charge on any atom is -0.384 e. The van der Waals surface area contributed by atoms with Crippen molar-refractivity contribution >= 4 is 15.7 Å². The van der Waals surface area contributed by atoms with Gasteiger partial charge in [0.15, 0.2) is 0 Å². The van der Waals surface area contributed by atoms with Crippen LogP contribution in [0.5, 0.6) is 0 Å². The summed E-state index contributed by atoms with van der Waals surface area (Å²) in [5.74, 6) is 5.37. The zero-order chi connectivity index (χ0) is 15.3. The number of aliphatic hydroxyl groups excluding tert-OH is 1. The molecule has 0 aromatic heterocycles. The zero-order valence-corrected chi connectivity index (χ0v) is 12.7. The van der Waals surface area contributed by atoms with Gasteiger partial charge in [0.25, 0.3) is 0 Å². The molecule has 2 N–H and O–H groups in total. The average Bonchev–Trinajstić information content (AvgIpc) is 2.89. The lowest BCUT2D eigenvalue weighted by Gasteiger charge is -2.12. The smallest absolute Gasteiger partial charge is 0.235 e. The second-order valence-corrected chi connectivity index (χ2v) is 6.78. The second kappa shape index (κ2) is 6.94. The number of hydrogen-bond acceptors (Lipinski definition) is 4. The third kappa shape index (κ3) is 4.74. The number of hydrogen-bond donors (Lipinski definition) is 2. The molecule has 5 nitrogen and oxygen atoms in total. The summed E-state index contributed by atoms with van der Waals surface area (Å²) in [5, 5.41) is 8.68. The van der Waals surface area contributed by atoms with Gasteiger partial charge in [-0.15, -0.1) is 0 Å². The summed E-state index contributed by atoms with van der Waals surface area (Å²) in [6.07, 6.45) is 1.49. The van der Waals surface area contributed by atoms with Crippen LogP contribution in [-0.2, 0) is 14.8 Å². The highest BCUT2D eigenvalue weighted by Crippen LogP contribution is 2.18. The molecule has 1 fully saturated rings.